The Bertz CT molecular complexity index is 1170. The fourth-order valence-electron chi connectivity index (χ4n) is 5.17. The summed E-state index contributed by atoms with van der Waals surface area (Å²) in [4.78, 5) is 28.6. The third kappa shape index (κ3) is 2.96. The Morgan fingerprint density at radius 3 is 2.61 bits per heavy atom. The first-order valence-corrected chi connectivity index (χ1v) is 10.6. The molecule has 1 spiro atoms. The number of rotatable bonds is 5. The maximum Gasteiger partial charge on any atom is 0.234 e. The second kappa shape index (κ2) is 7.14. The van der Waals surface area contributed by atoms with Crippen molar-refractivity contribution in [2.75, 3.05) is 37.8 Å². The van der Waals surface area contributed by atoms with Gasteiger partial charge in [-0.1, -0.05) is 12.2 Å². The van der Waals surface area contributed by atoms with Crippen LogP contribution < -0.4 is 29.2 Å². The largest absolute Gasteiger partial charge is 0.497 e. The van der Waals surface area contributed by atoms with Crippen LogP contribution in [0, 0.1) is 11.8 Å². The topological polar surface area (TPSA) is 95.6 Å². The van der Waals surface area contributed by atoms with Crippen molar-refractivity contribution >= 4 is 23.2 Å². The van der Waals surface area contributed by atoms with Crippen molar-refractivity contribution in [1.29, 1.82) is 0 Å². The van der Waals surface area contributed by atoms with Crippen molar-refractivity contribution in [3.63, 3.8) is 0 Å². The minimum Gasteiger partial charge on any atom is -0.497 e. The molecule has 6 rings (SSSR count). The van der Waals surface area contributed by atoms with Crippen LogP contribution in [0.3, 0.4) is 0 Å². The average molecular weight is 450 g/mol. The van der Waals surface area contributed by atoms with Gasteiger partial charge >= 0.3 is 0 Å². The van der Waals surface area contributed by atoms with Crippen LogP contribution in [0.2, 0.25) is 0 Å². The highest BCUT2D eigenvalue weighted by atomic mass is 16.7. The van der Waals surface area contributed by atoms with Crippen molar-refractivity contribution in [1.82, 2.24) is 0 Å². The number of nitrogens with zero attached hydrogens (tertiary/aromatic N) is 1. The smallest absolute Gasteiger partial charge is 0.234 e. The summed E-state index contributed by atoms with van der Waals surface area (Å²) in [6.07, 6.45) is 3.35. The number of carbonyl (C=O) groups excluding carboxylic acids is 2. The van der Waals surface area contributed by atoms with Crippen molar-refractivity contribution in [2.45, 2.75) is 11.7 Å². The van der Waals surface area contributed by atoms with Gasteiger partial charge in [0.25, 0.3) is 0 Å². The third-order valence-electron chi connectivity index (χ3n) is 6.69. The molecule has 0 unspecified atom stereocenters. The highest BCUT2D eigenvalue weighted by molar-refractivity contribution is 6.05. The maximum absolute atomic E-state index is 13.6. The summed E-state index contributed by atoms with van der Waals surface area (Å²) in [5, 5.41) is 2.92. The molecule has 2 amide bonds. The molecule has 0 aromatic heterocycles. The number of carbonyl (C=O) groups is 2. The Hall–Kier alpha value is -3.72. The molecule has 4 aliphatic rings. The van der Waals surface area contributed by atoms with E-state index in [1.807, 2.05) is 18.2 Å². The van der Waals surface area contributed by atoms with Crippen LogP contribution in [-0.4, -0.2) is 51.1 Å². The van der Waals surface area contributed by atoms with Gasteiger partial charge in [-0.25, -0.2) is 0 Å². The van der Waals surface area contributed by atoms with Gasteiger partial charge in [0.1, 0.15) is 17.1 Å². The number of anilines is 2. The average Bonchev–Trinajstić information content (AvgIpc) is 3.58. The molecule has 0 saturated carbocycles. The fourth-order valence-corrected chi connectivity index (χ4v) is 5.17. The van der Waals surface area contributed by atoms with Crippen LogP contribution in [0.5, 0.6) is 23.0 Å². The molecule has 2 bridgehead atoms. The quantitative estimate of drug-likeness (QED) is 0.699. The molecule has 2 saturated heterocycles. The van der Waals surface area contributed by atoms with E-state index in [9.17, 15) is 9.59 Å². The van der Waals surface area contributed by atoms with Crippen LogP contribution in [0.15, 0.2) is 48.6 Å². The van der Waals surface area contributed by atoms with E-state index < -0.39 is 23.5 Å². The Balaban J connectivity index is 1.28. The summed E-state index contributed by atoms with van der Waals surface area (Å²) in [6, 6.07) is 10.5. The zero-order chi connectivity index (χ0) is 22.7. The number of amides is 2. The molecular weight excluding hydrogens is 428 g/mol. The first-order valence-electron chi connectivity index (χ1n) is 10.6. The maximum atomic E-state index is 13.6. The molecule has 170 valence electrons. The highest BCUT2D eigenvalue weighted by Crippen LogP contribution is 2.53. The zero-order valence-corrected chi connectivity index (χ0v) is 18.1. The predicted octanol–water partition coefficient (Wildman–Crippen LogP) is 2.36. The minimum atomic E-state index is -0.827. The Kier molecular flexibility index (Phi) is 4.31. The van der Waals surface area contributed by atoms with Gasteiger partial charge in [-0.05, 0) is 12.1 Å². The van der Waals surface area contributed by atoms with E-state index in [4.69, 9.17) is 23.7 Å². The second-order valence-electron chi connectivity index (χ2n) is 8.45. The van der Waals surface area contributed by atoms with Gasteiger partial charge in [0.15, 0.2) is 11.5 Å². The molecule has 9 nitrogen and oxygen atoms in total. The van der Waals surface area contributed by atoms with Crippen molar-refractivity contribution in [3.05, 3.63) is 48.6 Å². The molecule has 0 radical (unpaired) electrons. The molecule has 9 heteroatoms. The standard InChI is InChI=1S/C24H22N2O7/c1-29-15-7-13(8-16(10-15)30-2)25-22(27)20-18-5-6-24(33-18)11-26(23(28)21(20)24)14-3-4-17-19(9-14)32-12-31-17/h3-10,18,20-21H,11-12H2,1-2H3,(H,25,27)/t18-,20-,21+,24+/m1/s1. The molecule has 4 heterocycles. The highest BCUT2D eigenvalue weighted by Gasteiger charge is 2.67. The fraction of sp³-hybridized carbons (Fsp3) is 0.333. The van der Waals surface area contributed by atoms with E-state index in [0.717, 1.165) is 0 Å². The number of hydrogen-bond donors (Lipinski definition) is 1. The summed E-state index contributed by atoms with van der Waals surface area (Å²) in [7, 11) is 3.08. The van der Waals surface area contributed by atoms with E-state index >= 15 is 0 Å². The number of methoxy groups -OCH3 is 2. The van der Waals surface area contributed by atoms with Crippen LogP contribution in [0.4, 0.5) is 11.4 Å². The molecule has 33 heavy (non-hydrogen) atoms. The lowest BCUT2D eigenvalue weighted by atomic mass is 9.77. The summed E-state index contributed by atoms with van der Waals surface area (Å²) in [5.74, 6) is 0.636. The SMILES string of the molecule is COc1cc(NC(=O)[C@H]2[C@H]3C(=O)N(c4ccc5c(c4)OCO5)C[C@@]34C=C[C@H]2O4)cc(OC)c1. The van der Waals surface area contributed by atoms with Crippen molar-refractivity contribution in [2.24, 2.45) is 11.8 Å². The third-order valence-corrected chi connectivity index (χ3v) is 6.69. The molecule has 2 aromatic rings. The lowest BCUT2D eigenvalue weighted by Gasteiger charge is -2.23. The number of hydrogen-bond acceptors (Lipinski definition) is 7. The van der Waals surface area contributed by atoms with E-state index in [-0.39, 0.29) is 18.6 Å². The number of fused-ring (bicyclic) bond motifs is 2. The van der Waals surface area contributed by atoms with Gasteiger partial charge in [-0.3, -0.25) is 9.59 Å². The summed E-state index contributed by atoms with van der Waals surface area (Å²) < 4.78 is 27.6. The van der Waals surface area contributed by atoms with Crippen LogP contribution in [0.1, 0.15) is 0 Å². The first-order chi connectivity index (χ1) is 16.0. The van der Waals surface area contributed by atoms with Gasteiger partial charge in [0.05, 0.1) is 38.7 Å². The Labute approximate surface area is 189 Å². The number of nitrogens with one attached hydrogen (secondary N) is 1. The number of benzene rings is 2. The molecule has 2 aromatic carbocycles. The lowest BCUT2D eigenvalue weighted by Crippen LogP contribution is -2.41. The van der Waals surface area contributed by atoms with Gasteiger partial charge < -0.3 is 33.9 Å². The summed E-state index contributed by atoms with van der Waals surface area (Å²) in [6.45, 7) is 0.490. The van der Waals surface area contributed by atoms with Crippen LogP contribution in [0.25, 0.3) is 0 Å². The van der Waals surface area contributed by atoms with Crippen molar-refractivity contribution in [3.8, 4) is 23.0 Å². The van der Waals surface area contributed by atoms with E-state index in [0.29, 0.717) is 40.9 Å². The molecule has 4 atom stereocenters. The molecule has 2 fully saturated rings. The first kappa shape index (κ1) is 19.9. The normalized spacial score (nSPS) is 28.2. The van der Waals surface area contributed by atoms with Crippen LogP contribution in [-0.2, 0) is 14.3 Å². The summed E-state index contributed by atoms with van der Waals surface area (Å²) >= 11 is 0. The monoisotopic (exact) mass is 450 g/mol. The van der Waals surface area contributed by atoms with Gasteiger partial charge in [0, 0.05) is 35.6 Å². The summed E-state index contributed by atoms with van der Waals surface area (Å²) in [5.41, 5.74) is 0.381. The number of ether oxygens (including phenoxy) is 5. The molecule has 0 aliphatic carbocycles. The van der Waals surface area contributed by atoms with Crippen LogP contribution >= 0.6 is 0 Å². The molecule has 1 N–H and O–H groups in total. The van der Waals surface area contributed by atoms with Gasteiger partial charge in [-0.15, -0.1) is 0 Å². The molecular formula is C24H22N2O7. The Morgan fingerprint density at radius 1 is 1.09 bits per heavy atom. The van der Waals surface area contributed by atoms with E-state index in [1.54, 1.807) is 49.5 Å². The second-order valence-corrected chi connectivity index (χ2v) is 8.45. The molecule has 4 aliphatic heterocycles. The van der Waals surface area contributed by atoms with Gasteiger partial charge in [0.2, 0.25) is 18.6 Å². The lowest BCUT2D eigenvalue weighted by molar-refractivity contribution is -0.128. The zero-order valence-electron chi connectivity index (χ0n) is 18.1. The minimum absolute atomic E-state index is 0.149. The van der Waals surface area contributed by atoms with Gasteiger partial charge in [-0.2, -0.15) is 0 Å². The Morgan fingerprint density at radius 2 is 1.85 bits per heavy atom. The predicted molar refractivity (Wildman–Crippen MR) is 117 cm³/mol. The van der Waals surface area contributed by atoms with E-state index in [1.165, 1.54) is 0 Å². The van der Waals surface area contributed by atoms with E-state index in [2.05, 4.69) is 5.32 Å². The van der Waals surface area contributed by atoms with Crippen molar-refractivity contribution < 1.29 is 33.3 Å².